The molecule has 1 aliphatic carbocycles. The van der Waals surface area contributed by atoms with Gasteiger partial charge in [-0.25, -0.2) is 0 Å². The van der Waals surface area contributed by atoms with Crippen LogP contribution in [0.5, 0.6) is 0 Å². The van der Waals surface area contributed by atoms with Crippen LogP contribution in [0.15, 0.2) is 0 Å². The van der Waals surface area contributed by atoms with Crippen LogP contribution in [-0.2, 0) is 4.74 Å². The number of ether oxygens (including phenoxy) is 1. The van der Waals surface area contributed by atoms with Crippen LogP contribution in [0, 0.1) is 5.92 Å². The lowest BCUT2D eigenvalue weighted by molar-refractivity contribution is -0.0570. The van der Waals surface area contributed by atoms with Crippen molar-refractivity contribution in [3.63, 3.8) is 0 Å². The van der Waals surface area contributed by atoms with Crippen LogP contribution in [0.4, 0.5) is 0 Å². The molecule has 2 heteroatoms. The molecule has 0 atom stereocenters. The zero-order valence-corrected chi connectivity index (χ0v) is 11.0. The number of hydrogen-bond donors (Lipinski definition) is 0. The molecule has 0 saturated heterocycles. The average molecular weight is 296 g/mol. The molecule has 1 nitrogen and oxygen atoms in total. The Balaban J connectivity index is 2.40. The lowest BCUT2D eigenvalue weighted by Crippen LogP contribution is -2.38. The van der Waals surface area contributed by atoms with Gasteiger partial charge in [0.05, 0.1) is 5.60 Å². The van der Waals surface area contributed by atoms with Crippen LogP contribution in [0.1, 0.15) is 46.0 Å². The summed E-state index contributed by atoms with van der Waals surface area (Å²) < 4.78 is 7.17. The normalized spacial score (nSPS) is 34.8. The third-order valence-corrected chi connectivity index (χ3v) is 4.43. The van der Waals surface area contributed by atoms with E-state index in [-0.39, 0.29) is 5.60 Å². The van der Waals surface area contributed by atoms with Gasteiger partial charge in [0.25, 0.3) is 0 Å². The molecule has 0 radical (unpaired) electrons. The maximum absolute atomic E-state index is 6.01. The third-order valence-electron chi connectivity index (χ3n) is 3.04. The smallest absolute Gasteiger partial charge is 0.0771 e. The predicted octanol–water partition coefficient (Wildman–Crippen LogP) is 3.80. The molecule has 78 valence electrons. The van der Waals surface area contributed by atoms with Gasteiger partial charge in [-0.05, 0) is 38.0 Å². The molecule has 1 fully saturated rings. The van der Waals surface area contributed by atoms with E-state index >= 15 is 0 Å². The largest absolute Gasteiger partial charge is 0.374 e. The zero-order chi connectivity index (χ0) is 9.73. The lowest BCUT2D eigenvalue weighted by Gasteiger charge is -2.38. The predicted molar refractivity (Wildman–Crippen MR) is 65.5 cm³/mol. The van der Waals surface area contributed by atoms with Crippen LogP contribution in [0.2, 0.25) is 0 Å². The quantitative estimate of drug-likeness (QED) is 0.566. The Kier molecular flexibility index (Phi) is 5.01. The van der Waals surface area contributed by atoms with Crippen molar-refractivity contribution in [3.8, 4) is 0 Å². The van der Waals surface area contributed by atoms with Gasteiger partial charge in [0.15, 0.2) is 0 Å². The van der Waals surface area contributed by atoms with Crippen molar-refractivity contribution in [1.82, 2.24) is 0 Å². The molecule has 1 saturated carbocycles. The zero-order valence-electron chi connectivity index (χ0n) is 8.81. The van der Waals surface area contributed by atoms with Crippen molar-refractivity contribution >= 4 is 22.6 Å². The molecule has 0 amide bonds. The Morgan fingerprint density at radius 1 is 1.38 bits per heavy atom. The van der Waals surface area contributed by atoms with E-state index < -0.39 is 0 Å². The molecular weight excluding hydrogens is 275 g/mol. The van der Waals surface area contributed by atoms with Crippen LogP contribution in [0.3, 0.4) is 0 Å². The molecule has 0 N–H and O–H groups in total. The van der Waals surface area contributed by atoms with Crippen molar-refractivity contribution in [1.29, 1.82) is 0 Å². The molecule has 0 bridgehead atoms. The maximum Gasteiger partial charge on any atom is 0.0771 e. The van der Waals surface area contributed by atoms with Crippen molar-refractivity contribution < 1.29 is 4.74 Å². The van der Waals surface area contributed by atoms with Crippen LogP contribution >= 0.6 is 22.6 Å². The first-order chi connectivity index (χ1) is 6.22. The Morgan fingerprint density at radius 3 is 2.46 bits per heavy atom. The molecule has 0 aromatic heterocycles. The molecule has 0 unspecified atom stereocenters. The minimum absolute atomic E-state index is 0.239. The Hall–Kier alpha value is 0.690. The minimum atomic E-state index is 0.239. The molecule has 13 heavy (non-hydrogen) atoms. The number of hydrogen-bond acceptors (Lipinski definition) is 1. The second-order valence-electron chi connectivity index (χ2n) is 4.35. The molecular formula is C11H21IO. The molecule has 0 heterocycles. The van der Waals surface area contributed by atoms with E-state index in [2.05, 4.69) is 36.4 Å². The molecule has 0 aromatic carbocycles. The van der Waals surface area contributed by atoms with E-state index in [1.807, 2.05) is 0 Å². The van der Waals surface area contributed by atoms with Crippen molar-refractivity contribution in [3.05, 3.63) is 0 Å². The summed E-state index contributed by atoms with van der Waals surface area (Å²) in [5, 5.41) is 0. The topological polar surface area (TPSA) is 9.23 Å². The Bertz CT molecular complexity index is 134. The summed E-state index contributed by atoms with van der Waals surface area (Å²) in [6.07, 6.45) is 6.40. The first kappa shape index (κ1) is 11.8. The number of alkyl halides is 1. The van der Waals surface area contributed by atoms with Gasteiger partial charge in [-0.15, -0.1) is 0 Å². The van der Waals surface area contributed by atoms with Gasteiger partial charge in [-0.3, -0.25) is 0 Å². The molecule has 0 spiro atoms. The Morgan fingerprint density at radius 2 is 2.00 bits per heavy atom. The number of halogens is 1. The highest BCUT2D eigenvalue weighted by atomic mass is 127. The van der Waals surface area contributed by atoms with E-state index in [4.69, 9.17) is 4.74 Å². The summed E-state index contributed by atoms with van der Waals surface area (Å²) in [6.45, 7) is 5.49. The molecule has 0 aliphatic heterocycles. The summed E-state index contributed by atoms with van der Waals surface area (Å²) in [7, 11) is 0. The van der Waals surface area contributed by atoms with Crippen molar-refractivity contribution in [2.75, 3.05) is 11.0 Å². The second kappa shape index (κ2) is 5.54. The minimum Gasteiger partial charge on any atom is -0.374 e. The summed E-state index contributed by atoms with van der Waals surface area (Å²) in [6, 6.07) is 0. The van der Waals surface area contributed by atoms with Crippen molar-refractivity contribution in [2.45, 2.75) is 51.6 Å². The molecule has 0 aromatic rings. The van der Waals surface area contributed by atoms with E-state index in [0.29, 0.717) is 0 Å². The highest BCUT2D eigenvalue weighted by molar-refractivity contribution is 14.1. The fourth-order valence-electron chi connectivity index (χ4n) is 1.92. The maximum atomic E-state index is 6.01. The van der Waals surface area contributed by atoms with E-state index in [0.717, 1.165) is 23.4 Å². The average Bonchev–Trinajstić information content (AvgIpc) is 2.18. The summed E-state index contributed by atoms with van der Waals surface area (Å²) in [4.78, 5) is 0. The first-order valence-electron chi connectivity index (χ1n) is 5.42. The highest BCUT2D eigenvalue weighted by Gasteiger charge is 2.33. The Labute approximate surface area is 95.8 Å². The van der Waals surface area contributed by atoms with Gasteiger partial charge in [-0.2, -0.15) is 0 Å². The van der Waals surface area contributed by atoms with Gasteiger partial charge in [-0.1, -0.05) is 36.4 Å². The van der Waals surface area contributed by atoms with E-state index in [1.165, 1.54) is 25.7 Å². The molecule has 1 aliphatic rings. The van der Waals surface area contributed by atoms with Crippen LogP contribution in [-0.4, -0.2) is 16.6 Å². The lowest BCUT2D eigenvalue weighted by atomic mass is 9.80. The first-order valence-corrected chi connectivity index (χ1v) is 6.95. The fraction of sp³-hybridized carbons (Fsp3) is 1.00. The second-order valence-corrected chi connectivity index (χ2v) is 5.11. The third kappa shape index (κ3) is 3.39. The van der Waals surface area contributed by atoms with Gasteiger partial charge >= 0.3 is 0 Å². The van der Waals surface area contributed by atoms with Crippen LogP contribution < -0.4 is 0 Å². The van der Waals surface area contributed by atoms with E-state index in [9.17, 15) is 0 Å². The summed E-state index contributed by atoms with van der Waals surface area (Å²) >= 11 is 2.48. The monoisotopic (exact) mass is 296 g/mol. The van der Waals surface area contributed by atoms with Gasteiger partial charge in [0.1, 0.15) is 0 Å². The van der Waals surface area contributed by atoms with Crippen molar-refractivity contribution in [2.24, 2.45) is 5.92 Å². The SMILES string of the molecule is CCCOC1(CI)CCC(C)CC1. The molecule has 1 rings (SSSR count). The van der Waals surface area contributed by atoms with E-state index in [1.54, 1.807) is 0 Å². The number of rotatable bonds is 4. The van der Waals surface area contributed by atoms with Gasteiger partial charge in [0, 0.05) is 11.0 Å². The summed E-state index contributed by atoms with van der Waals surface area (Å²) in [5.41, 5.74) is 0.239. The van der Waals surface area contributed by atoms with Gasteiger partial charge < -0.3 is 4.74 Å². The van der Waals surface area contributed by atoms with Crippen LogP contribution in [0.25, 0.3) is 0 Å². The highest BCUT2D eigenvalue weighted by Crippen LogP contribution is 2.36. The standard InChI is InChI=1S/C11H21IO/c1-3-8-13-11(9-12)6-4-10(2)5-7-11/h10H,3-9H2,1-2H3. The van der Waals surface area contributed by atoms with Gasteiger partial charge in [0.2, 0.25) is 0 Å². The fourth-order valence-corrected chi connectivity index (χ4v) is 2.91. The summed E-state index contributed by atoms with van der Waals surface area (Å²) in [5.74, 6) is 0.918.